The molecule has 11 heteroatoms. The van der Waals surface area contributed by atoms with Crippen molar-refractivity contribution >= 4 is 62.2 Å². The standard InChI is InChI=1S/C18H14ClN3O5S2/c19-12-3-1-11(2-4-12)9-15-17(24)22(18(25)28-15)10-16(23)21-13-5-7-14(8-6-13)29(20,26)27/h1-9H,10H2,(H,21,23)(H2,20,26,27)/b15-9+. The molecular formula is C18H14ClN3O5S2. The molecule has 0 radical (unpaired) electrons. The van der Waals surface area contributed by atoms with Crippen molar-refractivity contribution in [2.75, 3.05) is 11.9 Å². The molecule has 0 atom stereocenters. The first kappa shape index (κ1) is 21.1. The van der Waals surface area contributed by atoms with Gasteiger partial charge >= 0.3 is 0 Å². The second-order valence-corrected chi connectivity index (χ2v) is 8.93. The van der Waals surface area contributed by atoms with Crippen molar-refractivity contribution in [3.63, 3.8) is 0 Å². The Kier molecular flexibility index (Phi) is 6.08. The predicted octanol–water partition coefficient (Wildman–Crippen LogP) is 2.66. The number of hydrogen-bond acceptors (Lipinski definition) is 6. The highest BCUT2D eigenvalue weighted by molar-refractivity contribution is 8.18. The van der Waals surface area contributed by atoms with E-state index in [2.05, 4.69) is 5.32 Å². The van der Waals surface area contributed by atoms with Gasteiger partial charge in [0.15, 0.2) is 0 Å². The van der Waals surface area contributed by atoms with Crippen molar-refractivity contribution in [2.24, 2.45) is 5.14 Å². The summed E-state index contributed by atoms with van der Waals surface area (Å²) in [6.45, 7) is -0.473. The molecule has 3 amide bonds. The lowest BCUT2D eigenvalue weighted by atomic mass is 10.2. The lowest BCUT2D eigenvalue weighted by Crippen LogP contribution is -2.36. The number of sulfonamides is 1. The summed E-state index contributed by atoms with van der Waals surface area (Å²) in [6, 6.07) is 11.9. The zero-order valence-corrected chi connectivity index (χ0v) is 17.1. The first-order valence-corrected chi connectivity index (χ1v) is 10.8. The smallest absolute Gasteiger partial charge is 0.294 e. The van der Waals surface area contributed by atoms with E-state index in [1.165, 1.54) is 24.3 Å². The van der Waals surface area contributed by atoms with Crippen molar-refractivity contribution < 1.29 is 22.8 Å². The zero-order chi connectivity index (χ0) is 21.2. The zero-order valence-electron chi connectivity index (χ0n) is 14.7. The number of primary sulfonamides is 1. The normalized spacial score (nSPS) is 15.8. The number of nitrogens with zero attached hydrogens (tertiary/aromatic N) is 1. The third-order valence-corrected chi connectivity index (χ3v) is 5.90. The molecule has 0 aliphatic carbocycles. The Bertz CT molecular complexity index is 1110. The van der Waals surface area contributed by atoms with Gasteiger partial charge in [0.05, 0.1) is 9.80 Å². The maximum absolute atomic E-state index is 12.5. The van der Waals surface area contributed by atoms with Crippen LogP contribution >= 0.6 is 23.4 Å². The van der Waals surface area contributed by atoms with E-state index in [4.69, 9.17) is 16.7 Å². The van der Waals surface area contributed by atoms with Gasteiger partial charge in [-0.05, 0) is 59.8 Å². The molecule has 8 nitrogen and oxygen atoms in total. The fourth-order valence-electron chi connectivity index (χ4n) is 2.42. The number of nitrogens with one attached hydrogen (secondary N) is 1. The molecule has 29 heavy (non-hydrogen) atoms. The number of halogens is 1. The molecule has 0 bridgehead atoms. The van der Waals surface area contributed by atoms with E-state index in [0.717, 1.165) is 16.7 Å². The molecule has 0 spiro atoms. The first-order valence-electron chi connectivity index (χ1n) is 8.07. The molecule has 2 aromatic rings. The third kappa shape index (κ3) is 5.24. The van der Waals surface area contributed by atoms with Crippen LogP contribution in [-0.4, -0.2) is 36.9 Å². The molecule has 2 aromatic carbocycles. The van der Waals surface area contributed by atoms with Crippen molar-refractivity contribution in [1.29, 1.82) is 0 Å². The summed E-state index contributed by atoms with van der Waals surface area (Å²) in [6.07, 6.45) is 1.55. The minimum absolute atomic E-state index is 0.103. The molecule has 1 saturated heterocycles. The van der Waals surface area contributed by atoms with E-state index < -0.39 is 33.6 Å². The predicted molar refractivity (Wildman–Crippen MR) is 111 cm³/mol. The number of anilines is 1. The Morgan fingerprint density at radius 1 is 1.10 bits per heavy atom. The highest BCUT2D eigenvalue weighted by Crippen LogP contribution is 2.32. The van der Waals surface area contributed by atoms with E-state index in [-0.39, 0.29) is 9.80 Å². The lowest BCUT2D eigenvalue weighted by molar-refractivity contribution is -0.127. The number of benzene rings is 2. The lowest BCUT2D eigenvalue weighted by Gasteiger charge is -2.12. The molecule has 3 rings (SSSR count). The van der Waals surface area contributed by atoms with Crippen molar-refractivity contribution in [2.45, 2.75) is 4.90 Å². The highest BCUT2D eigenvalue weighted by atomic mass is 35.5. The minimum Gasteiger partial charge on any atom is -0.325 e. The number of amides is 3. The molecule has 1 fully saturated rings. The average molecular weight is 452 g/mol. The fourth-order valence-corrected chi connectivity index (χ4v) is 3.90. The van der Waals surface area contributed by atoms with Crippen LogP contribution in [0, 0.1) is 0 Å². The summed E-state index contributed by atoms with van der Waals surface area (Å²) in [7, 11) is -3.84. The minimum atomic E-state index is -3.84. The van der Waals surface area contributed by atoms with Gasteiger partial charge in [-0.2, -0.15) is 0 Å². The van der Waals surface area contributed by atoms with E-state index >= 15 is 0 Å². The van der Waals surface area contributed by atoms with Crippen molar-refractivity contribution in [3.8, 4) is 0 Å². The summed E-state index contributed by atoms with van der Waals surface area (Å²) in [5, 5.41) is 7.49. The van der Waals surface area contributed by atoms with Crippen LogP contribution in [0.3, 0.4) is 0 Å². The number of nitrogens with two attached hydrogens (primary N) is 1. The Balaban J connectivity index is 1.66. The van der Waals surface area contributed by atoms with Crippen LogP contribution < -0.4 is 10.5 Å². The van der Waals surface area contributed by atoms with Gasteiger partial charge in [-0.15, -0.1) is 0 Å². The average Bonchev–Trinajstić information content (AvgIpc) is 2.91. The summed E-state index contributed by atoms with van der Waals surface area (Å²) < 4.78 is 22.5. The van der Waals surface area contributed by atoms with Crippen LogP contribution in [0.25, 0.3) is 6.08 Å². The van der Waals surface area contributed by atoms with Gasteiger partial charge in [0.25, 0.3) is 11.1 Å². The summed E-state index contributed by atoms with van der Waals surface area (Å²) in [4.78, 5) is 37.7. The molecule has 0 unspecified atom stereocenters. The molecular weight excluding hydrogens is 438 g/mol. The topological polar surface area (TPSA) is 127 Å². The van der Waals surface area contributed by atoms with Gasteiger partial charge in [0.1, 0.15) is 6.54 Å². The summed E-state index contributed by atoms with van der Waals surface area (Å²) in [5.74, 6) is -1.18. The van der Waals surface area contributed by atoms with Crippen LogP contribution in [0.1, 0.15) is 5.56 Å². The van der Waals surface area contributed by atoms with E-state index in [1.54, 1.807) is 30.3 Å². The molecule has 1 aliphatic heterocycles. The number of hydrogen-bond donors (Lipinski definition) is 2. The van der Waals surface area contributed by atoms with Gasteiger partial charge in [-0.25, -0.2) is 13.6 Å². The van der Waals surface area contributed by atoms with Gasteiger partial charge in [0.2, 0.25) is 15.9 Å². The molecule has 1 aliphatic rings. The Morgan fingerprint density at radius 3 is 2.31 bits per heavy atom. The van der Waals surface area contributed by atoms with E-state index in [1.807, 2.05) is 0 Å². The monoisotopic (exact) mass is 451 g/mol. The summed E-state index contributed by atoms with van der Waals surface area (Å²) >= 11 is 6.56. The van der Waals surface area contributed by atoms with Crippen molar-refractivity contribution in [3.05, 3.63) is 64.0 Å². The van der Waals surface area contributed by atoms with Gasteiger partial charge < -0.3 is 5.32 Å². The molecule has 0 aromatic heterocycles. The second-order valence-electron chi connectivity index (χ2n) is 5.94. The molecule has 0 saturated carbocycles. The van der Waals surface area contributed by atoms with Gasteiger partial charge in [0, 0.05) is 10.7 Å². The van der Waals surface area contributed by atoms with Crippen LogP contribution in [0.15, 0.2) is 58.3 Å². The third-order valence-electron chi connectivity index (χ3n) is 3.81. The fraction of sp³-hybridized carbons (Fsp3) is 0.0556. The highest BCUT2D eigenvalue weighted by Gasteiger charge is 2.36. The quantitative estimate of drug-likeness (QED) is 0.673. The maximum Gasteiger partial charge on any atom is 0.294 e. The van der Waals surface area contributed by atoms with Crippen molar-refractivity contribution in [1.82, 2.24) is 4.90 Å². The SMILES string of the molecule is NS(=O)(=O)c1ccc(NC(=O)CN2C(=O)S/C(=C/c3ccc(Cl)cc3)C2=O)cc1. The number of carbonyl (C=O) groups is 3. The van der Waals surface area contributed by atoms with E-state index in [9.17, 15) is 22.8 Å². The van der Waals surface area contributed by atoms with Crippen LogP contribution in [-0.2, 0) is 19.6 Å². The second kappa shape index (κ2) is 8.37. The molecule has 3 N–H and O–H groups in total. The number of rotatable bonds is 5. The van der Waals surface area contributed by atoms with Crippen LogP contribution in [0.2, 0.25) is 5.02 Å². The van der Waals surface area contributed by atoms with Crippen LogP contribution in [0.5, 0.6) is 0 Å². The Labute approximate surface area is 175 Å². The molecule has 1 heterocycles. The van der Waals surface area contributed by atoms with Gasteiger partial charge in [-0.3, -0.25) is 19.3 Å². The van der Waals surface area contributed by atoms with Crippen LogP contribution in [0.4, 0.5) is 10.5 Å². The van der Waals surface area contributed by atoms with E-state index in [0.29, 0.717) is 16.3 Å². The maximum atomic E-state index is 12.5. The largest absolute Gasteiger partial charge is 0.325 e. The molecule has 150 valence electrons. The summed E-state index contributed by atoms with van der Waals surface area (Å²) in [5.41, 5.74) is 0.991. The van der Waals surface area contributed by atoms with Gasteiger partial charge in [-0.1, -0.05) is 23.7 Å². The number of thioether (sulfide) groups is 1. The number of imide groups is 1. The Morgan fingerprint density at radius 2 is 1.72 bits per heavy atom. The Hall–Kier alpha value is -2.66. The first-order chi connectivity index (χ1) is 13.6. The number of carbonyl (C=O) groups excluding carboxylic acids is 3.